The predicted molar refractivity (Wildman–Crippen MR) is 100.0 cm³/mol. The summed E-state index contributed by atoms with van der Waals surface area (Å²) in [7, 11) is 0. The van der Waals surface area contributed by atoms with Crippen molar-refractivity contribution in [1.82, 2.24) is 9.97 Å². The van der Waals surface area contributed by atoms with Gasteiger partial charge in [-0.15, -0.1) is 22.7 Å². The van der Waals surface area contributed by atoms with Crippen molar-refractivity contribution >= 4 is 51.3 Å². The Bertz CT molecular complexity index is 939. The topological polar surface area (TPSA) is 52.1 Å². The molecule has 4 aromatic rings. The Balaban J connectivity index is 1.40. The number of ether oxygens (including phenoxy) is 1. The molecule has 4 aromatic heterocycles. The minimum Gasteiger partial charge on any atom is -0.454 e. The van der Waals surface area contributed by atoms with Crippen LogP contribution in [0.2, 0.25) is 0 Å². The van der Waals surface area contributed by atoms with Gasteiger partial charge >= 0.3 is 5.97 Å². The minimum absolute atomic E-state index is 0.158. The van der Waals surface area contributed by atoms with Crippen LogP contribution in [0.4, 0.5) is 0 Å². The molecule has 120 valence electrons. The molecule has 0 bridgehead atoms. The first-order valence-electron chi connectivity index (χ1n) is 6.92. The fourth-order valence-corrected chi connectivity index (χ4v) is 5.01. The van der Waals surface area contributed by atoms with Gasteiger partial charge in [-0.25, -0.2) is 14.8 Å². The summed E-state index contributed by atoms with van der Waals surface area (Å²) in [6, 6.07) is 4.01. The fraction of sp³-hybridized carbons (Fsp3) is 0.0625. The Morgan fingerprint density at radius 1 is 0.917 bits per heavy atom. The number of carbonyl (C=O) groups is 1. The van der Waals surface area contributed by atoms with E-state index in [9.17, 15) is 4.79 Å². The van der Waals surface area contributed by atoms with Crippen LogP contribution in [0.25, 0.3) is 21.1 Å². The van der Waals surface area contributed by atoms with E-state index in [0.29, 0.717) is 5.69 Å². The molecule has 0 amide bonds. The maximum absolute atomic E-state index is 12.1. The molecule has 0 atom stereocenters. The van der Waals surface area contributed by atoms with E-state index in [1.807, 2.05) is 33.7 Å². The summed E-state index contributed by atoms with van der Waals surface area (Å²) in [6.07, 6.45) is 0. The van der Waals surface area contributed by atoms with Gasteiger partial charge in [0.05, 0.1) is 5.69 Å². The molecule has 8 heteroatoms. The number of rotatable bonds is 5. The van der Waals surface area contributed by atoms with Gasteiger partial charge in [-0.1, -0.05) is 0 Å². The number of aromatic nitrogens is 2. The quantitative estimate of drug-likeness (QED) is 0.427. The van der Waals surface area contributed by atoms with E-state index in [1.54, 1.807) is 39.4 Å². The predicted octanol–water partition coefficient (Wildman–Crippen LogP) is 5.41. The average Bonchev–Trinajstić information content (AvgIpc) is 3.40. The van der Waals surface area contributed by atoms with Gasteiger partial charge in [0.15, 0.2) is 5.69 Å². The first-order valence-corrected chi connectivity index (χ1v) is 10.6. The number of thiazole rings is 2. The highest BCUT2D eigenvalue weighted by Gasteiger charge is 2.14. The Kier molecular flexibility index (Phi) is 4.52. The summed E-state index contributed by atoms with van der Waals surface area (Å²) in [5.41, 5.74) is 3.23. The van der Waals surface area contributed by atoms with E-state index in [2.05, 4.69) is 15.3 Å². The number of esters is 1. The van der Waals surface area contributed by atoms with Gasteiger partial charge in [-0.3, -0.25) is 0 Å². The molecule has 0 aliphatic carbocycles. The van der Waals surface area contributed by atoms with Gasteiger partial charge in [0, 0.05) is 32.6 Å². The molecule has 0 saturated carbocycles. The SMILES string of the molecule is O=C(OCc1csc(-c2ccsc2)n1)c1csc(-c2ccsc2)n1. The molecule has 0 saturated heterocycles. The Hall–Kier alpha value is -1.87. The zero-order valence-corrected chi connectivity index (χ0v) is 15.4. The van der Waals surface area contributed by atoms with Crippen molar-refractivity contribution in [2.24, 2.45) is 0 Å². The van der Waals surface area contributed by atoms with Crippen LogP contribution in [0, 0.1) is 0 Å². The molecule has 24 heavy (non-hydrogen) atoms. The maximum Gasteiger partial charge on any atom is 0.358 e. The molecule has 0 aliphatic rings. The largest absolute Gasteiger partial charge is 0.454 e. The molecule has 4 nitrogen and oxygen atoms in total. The second kappa shape index (κ2) is 6.94. The van der Waals surface area contributed by atoms with Gasteiger partial charge < -0.3 is 4.74 Å². The molecule has 4 rings (SSSR count). The average molecular weight is 391 g/mol. The van der Waals surface area contributed by atoms with E-state index < -0.39 is 5.97 Å². The molecular formula is C16H10N2O2S4. The lowest BCUT2D eigenvalue weighted by Crippen LogP contribution is -2.05. The standard InChI is InChI=1S/C16H10N2O2S4/c19-16(13-9-24-15(18-13)11-2-4-22-7-11)20-5-12-8-23-14(17-12)10-1-3-21-6-10/h1-4,6-9H,5H2. The van der Waals surface area contributed by atoms with Gasteiger partial charge in [0.2, 0.25) is 0 Å². The van der Waals surface area contributed by atoms with E-state index in [0.717, 1.165) is 26.8 Å². The van der Waals surface area contributed by atoms with E-state index >= 15 is 0 Å². The van der Waals surface area contributed by atoms with Crippen molar-refractivity contribution in [3.63, 3.8) is 0 Å². The summed E-state index contributed by atoms with van der Waals surface area (Å²) in [4.78, 5) is 21.0. The molecule has 4 heterocycles. The fourth-order valence-electron chi connectivity index (χ4n) is 1.99. The zero-order valence-electron chi connectivity index (χ0n) is 12.2. The highest BCUT2D eigenvalue weighted by Crippen LogP contribution is 2.27. The maximum atomic E-state index is 12.1. The highest BCUT2D eigenvalue weighted by atomic mass is 32.1. The second-order valence-corrected chi connectivity index (χ2v) is 8.06. The van der Waals surface area contributed by atoms with Crippen molar-refractivity contribution < 1.29 is 9.53 Å². The van der Waals surface area contributed by atoms with Crippen LogP contribution in [-0.4, -0.2) is 15.9 Å². The van der Waals surface area contributed by atoms with Crippen LogP contribution in [0.15, 0.2) is 44.4 Å². The Morgan fingerprint density at radius 3 is 2.25 bits per heavy atom. The van der Waals surface area contributed by atoms with Crippen LogP contribution in [0.1, 0.15) is 16.2 Å². The van der Waals surface area contributed by atoms with E-state index in [-0.39, 0.29) is 6.61 Å². The molecule has 0 radical (unpaired) electrons. The molecule has 0 aliphatic heterocycles. The third kappa shape index (κ3) is 3.32. The third-order valence-electron chi connectivity index (χ3n) is 3.15. The number of thiophene rings is 2. The molecule has 0 aromatic carbocycles. The van der Waals surface area contributed by atoms with Crippen LogP contribution < -0.4 is 0 Å². The van der Waals surface area contributed by atoms with Gasteiger partial charge in [0.25, 0.3) is 0 Å². The lowest BCUT2D eigenvalue weighted by atomic mass is 10.3. The van der Waals surface area contributed by atoms with Crippen LogP contribution in [0.3, 0.4) is 0 Å². The molecule has 0 fully saturated rings. The summed E-state index contributed by atoms with van der Waals surface area (Å²) < 4.78 is 5.33. The van der Waals surface area contributed by atoms with Crippen LogP contribution >= 0.6 is 45.3 Å². The van der Waals surface area contributed by atoms with E-state index in [4.69, 9.17) is 4.74 Å². The number of hydrogen-bond donors (Lipinski definition) is 0. The molecular weight excluding hydrogens is 380 g/mol. The van der Waals surface area contributed by atoms with Crippen molar-refractivity contribution in [1.29, 1.82) is 0 Å². The Morgan fingerprint density at radius 2 is 1.58 bits per heavy atom. The lowest BCUT2D eigenvalue weighted by molar-refractivity contribution is 0.0462. The summed E-state index contributed by atoms with van der Waals surface area (Å²) in [5.74, 6) is -0.419. The first-order chi connectivity index (χ1) is 11.8. The summed E-state index contributed by atoms with van der Waals surface area (Å²) in [6.45, 7) is 0.158. The van der Waals surface area contributed by atoms with Gasteiger partial charge in [-0.05, 0) is 22.9 Å². The normalized spacial score (nSPS) is 10.8. The monoisotopic (exact) mass is 390 g/mol. The van der Waals surface area contributed by atoms with Crippen molar-refractivity contribution in [3.05, 3.63) is 55.8 Å². The zero-order chi connectivity index (χ0) is 16.4. The molecule has 0 unspecified atom stereocenters. The number of hydrogen-bond acceptors (Lipinski definition) is 8. The highest BCUT2D eigenvalue weighted by molar-refractivity contribution is 7.14. The molecule has 0 N–H and O–H groups in total. The lowest BCUT2D eigenvalue weighted by Gasteiger charge is -1.99. The Labute approximate surface area is 154 Å². The molecule has 0 spiro atoms. The van der Waals surface area contributed by atoms with Crippen LogP contribution in [-0.2, 0) is 11.3 Å². The number of carbonyl (C=O) groups excluding carboxylic acids is 1. The van der Waals surface area contributed by atoms with Gasteiger partial charge in [0.1, 0.15) is 16.6 Å². The second-order valence-electron chi connectivity index (χ2n) is 4.78. The van der Waals surface area contributed by atoms with Gasteiger partial charge in [-0.2, -0.15) is 22.7 Å². The number of nitrogens with zero attached hydrogens (tertiary/aromatic N) is 2. The minimum atomic E-state index is -0.419. The van der Waals surface area contributed by atoms with Crippen molar-refractivity contribution in [3.8, 4) is 21.1 Å². The van der Waals surface area contributed by atoms with Crippen molar-refractivity contribution in [2.75, 3.05) is 0 Å². The first kappa shape index (κ1) is 15.6. The third-order valence-corrected chi connectivity index (χ3v) is 6.35. The van der Waals surface area contributed by atoms with Crippen LogP contribution in [0.5, 0.6) is 0 Å². The summed E-state index contributed by atoms with van der Waals surface area (Å²) >= 11 is 6.23. The van der Waals surface area contributed by atoms with E-state index in [1.165, 1.54) is 11.3 Å². The van der Waals surface area contributed by atoms with Crippen molar-refractivity contribution in [2.45, 2.75) is 6.61 Å². The summed E-state index contributed by atoms with van der Waals surface area (Å²) in [5, 5.41) is 13.5. The smallest absolute Gasteiger partial charge is 0.358 e.